The highest BCUT2D eigenvalue weighted by atomic mass is 19.4. The quantitative estimate of drug-likeness (QED) is 0.226. The molecule has 0 spiro atoms. The second-order valence-electron chi connectivity index (χ2n) is 10.6. The van der Waals surface area contributed by atoms with Crippen molar-refractivity contribution in [3.8, 4) is 5.75 Å². The fourth-order valence-electron chi connectivity index (χ4n) is 5.16. The molecule has 1 saturated carbocycles. The zero-order chi connectivity index (χ0) is 30.2. The molecule has 2 aromatic rings. The van der Waals surface area contributed by atoms with Crippen LogP contribution in [-0.4, -0.2) is 49.8 Å². The molecule has 12 heteroatoms. The van der Waals surface area contributed by atoms with Crippen LogP contribution in [0.1, 0.15) is 63.9 Å². The zero-order valence-electron chi connectivity index (χ0n) is 23.4. The Hall–Kier alpha value is -3.54. The number of carboxylic acids is 1. The first-order chi connectivity index (χ1) is 19.4. The number of amides is 2. The fourth-order valence-corrected chi connectivity index (χ4v) is 5.16. The van der Waals surface area contributed by atoms with E-state index in [2.05, 4.69) is 15.4 Å². The maximum atomic E-state index is 16.1. The molecule has 3 N–H and O–H groups in total. The number of nitrogens with zero attached hydrogens (tertiary/aromatic N) is 1. The van der Waals surface area contributed by atoms with Gasteiger partial charge in [-0.25, -0.2) is 9.18 Å². The molecule has 0 aromatic heterocycles. The Morgan fingerprint density at radius 1 is 1.07 bits per heavy atom. The Morgan fingerprint density at radius 2 is 1.73 bits per heavy atom. The minimum Gasteiger partial charge on any atom is -0.481 e. The first-order valence-electron chi connectivity index (χ1n) is 13.6. The highest BCUT2D eigenvalue weighted by Crippen LogP contribution is 2.38. The van der Waals surface area contributed by atoms with Gasteiger partial charge < -0.3 is 30.1 Å². The molecule has 0 heterocycles. The molecule has 0 bridgehead atoms. The number of carbonyl (C=O) groups excluding carboxylic acids is 1. The summed E-state index contributed by atoms with van der Waals surface area (Å²) < 4.78 is 62.5. The van der Waals surface area contributed by atoms with Gasteiger partial charge in [-0.2, -0.15) is 0 Å². The van der Waals surface area contributed by atoms with Crippen LogP contribution in [0, 0.1) is 11.7 Å². The number of carboxylic acid groups (broad SMARTS) is 1. The van der Waals surface area contributed by atoms with E-state index in [4.69, 9.17) is 4.74 Å². The van der Waals surface area contributed by atoms with E-state index in [0.717, 1.165) is 44.2 Å². The smallest absolute Gasteiger partial charge is 0.481 e. The van der Waals surface area contributed by atoms with Gasteiger partial charge in [0.15, 0.2) is 0 Å². The van der Waals surface area contributed by atoms with Gasteiger partial charge in [-0.05, 0) is 60.7 Å². The largest absolute Gasteiger partial charge is 0.573 e. The number of methoxy groups -OCH3 is 1. The van der Waals surface area contributed by atoms with E-state index < -0.39 is 35.8 Å². The fraction of sp³-hybridized carbons (Fsp3) is 0.517. The van der Waals surface area contributed by atoms with Crippen LogP contribution >= 0.6 is 0 Å². The molecule has 1 fully saturated rings. The summed E-state index contributed by atoms with van der Waals surface area (Å²) in [7, 11) is 1.42. The molecule has 1 aliphatic rings. The highest BCUT2D eigenvalue weighted by molar-refractivity contribution is 6.02. The van der Waals surface area contributed by atoms with E-state index in [1.165, 1.54) is 25.3 Å². The van der Waals surface area contributed by atoms with Crippen LogP contribution in [0.2, 0.25) is 0 Å². The van der Waals surface area contributed by atoms with Crippen molar-refractivity contribution < 1.29 is 41.7 Å². The second-order valence-corrected chi connectivity index (χ2v) is 10.6. The zero-order valence-corrected chi connectivity index (χ0v) is 23.4. The van der Waals surface area contributed by atoms with Gasteiger partial charge >= 0.3 is 18.4 Å². The lowest BCUT2D eigenvalue weighted by Crippen LogP contribution is -2.40. The van der Waals surface area contributed by atoms with Gasteiger partial charge in [0.25, 0.3) is 0 Å². The summed E-state index contributed by atoms with van der Waals surface area (Å²) in [5.41, 5.74) is 0.911. The van der Waals surface area contributed by atoms with Crippen molar-refractivity contribution in [2.45, 2.75) is 70.7 Å². The van der Waals surface area contributed by atoms with Crippen LogP contribution in [-0.2, 0) is 9.53 Å². The number of nitrogens with one attached hydrogen (secondary N) is 2. The topological polar surface area (TPSA) is 100 Å². The average Bonchev–Trinajstić information content (AvgIpc) is 2.87. The SMILES string of the molecule is COCC(CC(=O)O)c1cc(F)c(N(CC(C)C)C2CCCCC2)c(NC(=O)Nc2ccc(OC(F)(F)F)cc2)c1. The third-order valence-corrected chi connectivity index (χ3v) is 6.80. The molecule has 41 heavy (non-hydrogen) atoms. The lowest BCUT2D eigenvalue weighted by Gasteiger charge is -2.39. The number of benzene rings is 2. The number of carbonyl (C=O) groups is 2. The summed E-state index contributed by atoms with van der Waals surface area (Å²) in [4.78, 5) is 26.6. The van der Waals surface area contributed by atoms with Crippen molar-refractivity contribution in [2.75, 3.05) is 35.8 Å². The molecule has 1 aliphatic carbocycles. The predicted octanol–water partition coefficient (Wildman–Crippen LogP) is 7.37. The number of anilines is 3. The summed E-state index contributed by atoms with van der Waals surface area (Å²) in [6, 6.07) is 6.79. The van der Waals surface area contributed by atoms with Crippen LogP contribution < -0.4 is 20.3 Å². The van der Waals surface area contributed by atoms with Crippen molar-refractivity contribution >= 4 is 29.1 Å². The monoisotopic (exact) mass is 583 g/mol. The number of halogens is 4. The molecule has 226 valence electrons. The minimum atomic E-state index is -4.85. The van der Waals surface area contributed by atoms with E-state index in [9.17, 15) is 27.9 Å². The molecular formula is C29H37F4N3O5. The summed E-state index contributed by atoms with van der Waals surface area (Å²) in [6.45, 7) is 4.61. The van der Waals surface area contributed by atoms with Gasteiger partial charge in [0.05, 0.1) is 24.4 Å². The number of ether oxygens (including phenoxy) is 2. The molecule has 0 saturated heterocycles. The van der Waals surface area contributed by atoms with Gasteiger partial charge in [0.1, 0.15) is 11.6 Å². The Labute approximate surface area is 237 Å². The Kier molecular flexibility index (Phi) is 11.2. The summed E-state index contributed by atoms with van der Waals surface area (Å²) >= 11 is 0. The second kappa shape index (κ2) is 14.4. The summed E-state index contributed by atoms with van der Waals surface area (Å²) in [5, 5.41) is 14.7. The van der Waals surface area contributed by atoms with Crippen LogP contribution in [0.5, 0.6) is 5.75 Å². The van der Waals surface area contributed by atoms with Gasteiger partial charge in [0, 0.05) is 31.3 Å². The van der Waals surface area contributed by atoms with Crippen LogP contribution in [0.4, 0.5) is 39.4 Å². The van der Waals surface area contributed by atoms with Crippen molar-refractivity contribution in [2.24, 2.45) is 5.92 Å². The van der Waals surface area contributed by atoms with E-state index >= 15 is 4.39 Å². The summed E-state index contributed by atoms with van der Waals surface area (Å²) in [5.74, 6) is -2.60. The Morgan fingerprint density at radius 3 is 2.29 bits per heavy atom. The third-order valence-electron chi connectivity index (χ3n) is 6.80. The van der Waals surface area contributed by atoms with E-state index in [1.807, 2.05) is 18.7 Å². The third kappa shape index (κ3) is 9.80. The summed E-state index contributed by atoms with van der Waals surface area (Å²) in [6.07, 6.45) is -0.298. The molecule has 3 rings (SSSR count). The van der Waals surface area contributed by atoms with Crippen molar-refractivity contribution in [3.63, 3.8) is 0 Å². The van der Waals surface area contributed by atoms with Gasteiger partial charge in [-0.3, -0.25) is 4.79 Å². The van der Waals surface area contributed by atoms with Gasteiger partial charge in [-0.15, -0.1) is 13.2 Å². The Bertz CT molecular complexity index is 1170. The standard InChI is InChI=1S/C29H37F4N3O5/c1-18(2)16-36(22-7-5-4-6-8-22)27-24(30)13-19(20(17-40-3)15-26(37)38)14-25(27)35-28(39)34-21-9-11-23(12-10-21)41-29(31,32)33/h9-14,18,20,22H,4-8,15-17H2,1-3H3,(H,37,38)(H2,34,35,39). The van der Waals surface area contributed by atoms with Crippen LogP contribution in [0.3, 0.4) is 0 Å². The molecule has 2 aromatic carbocycles. The van der Waals surface area contributed by atoms with Gasteiger partial charge in [-0.1, -0.05) is 33.1 Å². The molecule has 1 unspecified atom stereocenters. The number of aliphatic carboxylic acids is 1. The number of rotatable bonds is 12. The minimum absolute atomic E-state index is 0.0292. The maximum Gasteiger partial charge on any atom is 0.573 e. The number of hydrogen-bond donors (Lipinski definition) is 3. The average molecular weight is 584 g/mol. The van der Waals surface area contributed by atoms with Crippen LogP contribution in [0.15, 0.2) is 36.4 Å². The molecule has 0 radical (unpaired) electrons. The molecule has 1 atom stereocenters. The van der Waals surface area contributed by atoms with Gasteiger partial charge in [0.2, 0.25) is 0 Å². The van der Waals surface area contributed by atoms with E-state index in [1.54, 1.807) is 6.07 Å². The Balaban J connectivity index is 1.98. The van der Waals surface area contributed by atoms with Crippen molar-refractivity contribution in [1.29, 1.82) is 0 Å². The first-order valence-corrected chi connectivity index (χ1v) is 13.6. The number of urea groups is 1. The number of alkyl halides is 3. The highest BCUT2D eigenvalue weighted by Gasteiger charge is 2.31. The first kappa shape index (κ1) is 32.0. The van der Waals surface area contributed by atoms with E-state index in [-0.39, 0.29) is 42.0 Å². The lowest BCUT2D eigenvalue weighted by molar-refractivity contribution is -0.274. The molecule has 2 amide bonds. The van der Waals surface area contributed by atoms with E-state index in [0.29, 0.717) is 12.1 Å². The van der Waals surface area contributed by atoms with Crippen LogP contribution in [0.25, 0.3) is 0 Å². The van der Waals surface area contributed by atoms with Crippen molar-refractivity contribution in [3.05, 3.63) is 47.8 Å². The normalized spacial score (nSPS) is 14.9. The lowest BCUT2D eigenvalue weighted by atomic mass is 9.91. The predicted molar refractivity (Wildman–Crippen MR) is 148 cm³/mol. The molecule has 0 aliphatic heterocycles. The molecule has 8 nitrogen and oxygen atoms in total. The number of hydrogen-bond acceptors (Lipinski definition) is 5. The maximum absolute atomic E-state index is 16.1. The van der Waals surface area contributed by atoms with Crippen molar-refractivity contribution in [1.82, 2.24) is 0 Å². The molecular weight excluding hydrogens is 546 g/mol.